The van der Waals surface area contributed by atoms with Crippen LogP contribution in [0.2, 0.25) is 0 Å². The number of hydrogen-bond donors (Lipinski definition) is 3. The number of aryl methyl sites for hydroxylation is 1. The van der Waals surface area contributed by atoms with Crippen molar-refractivity contribution < 1.29 is 23.2 Å². The molecule has 6 nitrogen and oxygen atoms in total. The average molecular weight is 437 g/mol. The van der Waals surface area contributed by atoms with Gasteiger partial charge in [-0.1, -0.05) is 23.8 Å². The van der Waals surface area contributed by atoms with Crippen LogP contribution >= 0.6 is 0 Å². The molecule has 0 aliphatic carbocycles. The van der Waals surface area contributed by atoms with E-state index in [-0.39, 0.29) is 19.0 Å². The van der Waals surface area contributed by atoms with Crippen LogP contribution in [0.1, 0.15) is 36.6 Å². The third-order valence-corrected chi connectivity index (χ3v) is 4.60. The van der Waals surface area contributed by atoms with E-state index in [4.69, 9.17) is 0 Å². The molecule has 3 amide bonds. The van der Waals surface area contributed by atoms with E-state index in [1.165, 1.54) is 6.07 Å². The maximum atomic E-state index is 13.6. The highest BCUT2D eigenvalue weighted by atomic mass is 19.1. The van der Waals surface area contributed by atoms with Crippen LogP contribution < -0.4 is 16.0 Å². The van der Waals surface area contributed by atoms with Gasteiger partial charge in [-0.2, -0.15) is 0 Å². The topological polar surface area (TPSA) is 87.3 Å². The van der Waals surface area contributed by atoms with Crippen LogP contribution in [0.15, 0.2) is 66.7 Å². The van der Waals surface area contributed by atoms with E-state index in [1.807, 2.05) is 19.1 Å². The highest BCUT2D eigenvalue weighted by Gasteiger charge is 2.16. The first kappa shape index (κ1) is 22.6. The number of carbonyl (C=O) groups excluding carboxylic acids is 3. The number of carbonyl (C=O) groups is 3. The van der Waals surface area contributed by atoms with Crippen molar-refractivity contribution in [2.75, 3.05) is 18.4 Å². The van der Waals surface area contributed by atoms with E-state index in [9.17, 15) is 23.2 Å². The SMILES string of the molecule is Cc1ccc(C(=O)Nc2ccc(C(=O)NCCNC(=O)c3c(F)cccc3F)cc2)cc1. The molecular formula is C24H21F2N3O3. The minimum absolute atomic E-state index is 0.0109. The lowest BCUT2D eigenvalue weighted by molar-refractivity contribution is 0.0922. The van der Waals surface area contributed by atoms with Crippen LogP contribution in [0.25, 0.3) is 0 Å². The van der Waals surface area contributed by atoms with Crippen molar-refractivity contribution in [1.82, 2.24) is 10.6 Å². The second-order valence-electron chi connectivity index (χ2n) is 7.01. The normalized spacial score (nSPS) is 10.3. The van der Waals surface area contributed by atoms with Crippen molar-refractivity contribution in [2.24, 2.45) is 0 Å². The van der Waals surface area contributed by atoms with Crippen LogP contribution in [-0.2, 0) is 0 Å². The van der Waals surface area contributed by atoms with Gasteiger partial charge in [-0.25, -0.2) is 8.78 Å². The van der Waals surface area contributed by atoms with Crippen LogP contribution in [-0.4, -0.2) is 30.8 Å². The lowest BCUT2D eigenvalue weighted by Crippen LogP contribution is -2.35. The zero-order valence-corrected chi connectivity index (χ0v) is 17.2. The zero-order valence-electron chi connectivity index (χ0n) is 17.2. The van der Waals surface area contributed by atoms with Gasteiger partial charge in [0.1, 0.15) is 17.2 Å². The van der Waals surface area contributed by atoms with Gasteiger partial charge < -0.3 is 16.0 Å². The Morgan fingerprint density at radius 2 is 1.19 bits per heavy atom. The smallest absolute Gasteiger partial charge is 0.257 e. The first-order chi connectivity index (χ1) is 15.3. The summed E-state index contributed by atoms with van der Waals surface area (Å²) >= 11 is 0. The summed E-state index contributed by atoms with van der Waals surface area (Å²) in [6, 6.07) is 16.6. The van der Waals surface area contributed by atoms with Gasteiger partial charge in [-0.05, 0) is 55.5 Å². The van der Waals surface area contributed by atoms with Crippen molar-refractivity contribution in [1.29, 1.82) is 0 Å². The fourth-order valence-corrected chi connectivity index (χ4v) is 2.87. The van der Waals surface area contributed by atoms with Gasteiger partial charge in [-0.15, -0.1) is 0 Å². The lowest BCUT2D eigenvalue weighted by Gasteiger charge is -2.09. The second-order valence-corrected chi connectivity index (χ2v) is 7.01. The highest BCUT2D eigenvalue weighted by molar-refractivity contribution is 6.04. The summed E-state index contributed by atoms with van der Waals surface area (Å²) in [5.41, 5.74) is 1.80. The molecule has 3 rings (SSSR count). The number of anilines is 1. The molecular weight excluding hydrogens is 416 g/mol. The van der Waals surface area contributed by atoms with Gasteiger partial charge in [0.2, 0.25) is 0 Å². The van der Waals surface area contributed by atoms with Crippen molar-refractivity contribution >= 4 is 23.4 Å². The second kappa shape index (κ2) is 10.3. The standard InChI is InChI=1S/C24H21F2N3O3/c1-15-5-7-17(8-6-15)23(31)29-18-11-9-16(10-12-18)22(30)27-13-14-28-24(32)21-19(25)3-2-4-20(21)26/h2-12H,13-14H2,1H3,(H,27,30)(H,28,32)(H,29,31). The minimum Gasteiger partial charge on any atom is -0.350 e. The third-order valence-electron chi connectivity index (χ3n) is 4.60. The average Bonchev–Trinajstić information content (AvgIpc) is 2.77. The monoisotopic (exact) mass is 437 g/mol. The van der Waals surface area contributed by atoms with Gasteiger partial charge in [-0.3, -0.25) is 14.4 Å². The molecule has 0 bridgehead atoms. The number of halogens is 2. The molecule has 0 aliphatic heterocycles. The summed E-state index contributed by atoms with van der Waals surface area (Å²) in [5.74, 6) is -3.47. The van der Waals surface area contributed by atoms with E-state index in [0.29, 0.717) is 16.8 Å². The van der Waals surface area contributed by atoms with Gasteiger partial charge >= 0.3 is 0 Å². The molecule has 0 saturated heterocycles. The predicted octanol–water partition coefficient (Wildman–Crippen LogP) is 3.69. The molecule has 32 heavy (non-hydrogen) atoms. The van der Waals surface area contributed by atoms with Gasteiger partial charge in [0.05, 0.1) is 0 Å². The van der Waals surface area contributed by atoms with Crippen LogP contribution in [0.4, 0.5) is 14.5 Å². The Bertz CT molecular complexity index is 1110. The molecule has 3 N–H and O–H groups in total. The Labute approximate surface area is 183 Å². The summed E-state index contributed by atoms with van der Waals surface area (Å²) < 4.78 is 27.2. The molecule has 0 spiro atoms. The number of rotatable bonds is 7. The summed E-state index contributed by atoms with van der Waals surface area (Å²) in [6.45, 7) is 1.98. The quantitative estimate of drug-likeness (QED) is 0.493. The number of hydrogen-bond acceptors (Lipinski definition) is 3. The summed E-state index contributed by atoms with van der Waals surface area (Å²) in [5, 5.41) is 7.71. The molecule has 0 atom stereocenters. The molecule has 0 radical (unpaired) electrons. The Morgan fingerprint density at radius 1 is 0.688 bits per heavy atom. The van der Waals surface area contributed by atoms with Crippen LogP contribution in [0.5, 0.6) is 0 Å². The van der Waals surface area contributed by atoms with Crippen LogP contribution in [0.3, 0.4) is 0 Å². The fraction of sp³-hybridized carbons (Fsp3) is 0.125. The molecule has 3 aromatic carbocycles. The largest absolute Gasteiger partial charge is 0.350 e. The highest BCUT2D eigenvalue weighted by Crippen LogP contribution is 2.13. The number of nitrogens with one attached hydrogen (secondary N) is 3. The Balaban J connectivity index is 1.47. The van der Waals surface area contributed by atoms with E-state index >= 15 is 0 Å². The van der Waals surface area contributed by atoms with E-state index in [0.717, 1.165) is 17.7 Å². The lowest BCUT2D eigenvalue weighted by atomic mass is 10.1. The van der Waals surface area contributed by atoms with E-state index in [2.05, 4.69) is 16.0 Å². The maximum absolute atomic E-state index is 13.6. The molecule has 3 aromatic rings. The predicted molar refractivity (Wildman–Crippen MR) is 117 cm³/mol. The Hall–Kier alpha value is -4.07. The molecule has 0 unspecified atom stereocenters. The van der Waals surface area contributed by atoms with Crippen molar-refractivity contribution in [2.45, 2.75) is 6.92 Å². The first-order valence-corrected chi connectivity index (χ1v) is 9.83. The number of benzene rings is 3. The van der Waals surface area contributed by atoms with Crippen LogP contribution in [0, 0.1) is 18.6 Å². The van der Waals surface area contributed by atoms with Crippen molar-refractivity contribution in [3.8, 4) is 0 Å². The summed E-state index contributed by atoms with van der Waals surface area (Å²) in [6.07, 6.45) is 0. The zero-order chi connectivity index (χ0) is 23.1. The summed E-state index contributed by atoms with van der Waals surface area (Å²) in [7, 11) is 0. The Morgan fingerprint density at radius 3 is 1.78 bits per heavy atom. The van der Waals surface area contributed by atoms with Gasteiger partial charge in [0, 0.05) is 29.9 Å². The number of amides is 3. The van der Waals surface area contributed by atoms with E-state index < -0.39 is 29.0 Å². The first-order valence-electron chi connectivity index (χ1n) is 9.83. The molecule has 0 fully saturated rings. The van der Waals surface area contributed by atoms with Gasteiger partial charge in [0.15, 0.2) is 0 Å². The van der Waals surface area contributed by atoms with Crippen molar-refractivity contribution in [3.63, 3.8) is 0 Å². The Kier molecular flexibility index (Phi) is 7.28. The molecule has 8 heteroatoms. The van der Waals surface area contributed by atoms with Crippen molar-refractivity contribution in [3.05, 3.63) is 101 Å². The third kappa shape index (κ3) is 5.75. The fourth-order valence-electron chi connectivity index (χ4n) is 2.87. The molecule has 0 aliphatic rings. The molecule has 164 valence electrons. The maximum Gasteiger partial charge on any atom is 0.257 e. The van der Waals surface area contributed by atoms with E-state index in [1.54, 1.807) is 36.4 Å². The minimum atomic E-state index is -0.957. The molecule has 0 saturated carbocycles. The molecule has 0 aromatic heterocycles. The van der Waals surface area contributed by atoms with Gasteiger partial charge in [0.25, 0.3) is 17.7 Å². The molecule has 0 heterocycles. The summed E-state index contributed by atoms with van der Waals surface area (Å²) in [4.78, 5) is 36.4.